The maximum atomic E-state index is 12.2. The van der Waals surface area contributed by atoms with Gasteiger partial charge >= 0.3 is 5.97 Å². The molecule has 0 saturated heterocycles. The normalized spacial score (nSPS) is 18.9. The van der Waals surface area contributed by atoms with Gasteiger partial charge in [0.05, 0.1) is 6.61 Å². The van der Waals surface area contributed by atoms with Crippen LogP contribution in [-0.2, 0) is 15.1 Å². The van der Waals surface area contributed by atoms with E-state index in [1.54, 1.807) is 0 Å². The molecule has 5 heteroatoms. The van der Waals surface area contributed by atoms with Crippen molar-refractivity contribution in [2.24, 2.45) is 0 Å². The summed E-state index contributed by atoms with van der Waals surface area (Å²) in [4.78, 5) is 24.3. The molecule has 0 spiro atoms. The lowest BCUT2D eigenvalue weighted by atomic mass is 9.85. The number of phenols is 1. The predicted octanol–water partition coefficient (Wildman–Crippen LogP) is 3.79. The summed E-state index contributed by atoms with van der Waals surface area (Å²) >= 11 is 0. The van der Waals surface area contributed by atoms with Gasteiger partial charge < -0.3 is 14.9 Å². The van der Waals surface area contributed by atoms with Crippen LogP contribution in [0.25, 0.3) is 0 Å². The number of rotatable bonds is 9. The van der Waals surface area contributed by atoms with Crippen molar-refractivity contribution in [3.63, 3.8) is 0 Å². The molecule has 1 unspecified atom stereocenters. The fourth-order valence-electron chi connectivity index (χ4n) is 2.91. The fourth-order valence-corrected chi connectivity index (χ4v) is 2.91. The molecule has 1 aromatic carbocycles. The second kappa shape index (κ2) is 9.34. The molecule has 2 N–H and O–H groups in total. The lowest BCUT2D eigenvalue weighted by molar-refractivity contribution is -0.128. The van der Waals surface area contributed by atoms with E-state index >= 15 is 0 Å². The molecule has 26 heavy (non-hydrogen) atoms. The van der Waals surface area contributed by atoms with E-state index in [-0.39, 0.29) is 17.7 Å². The lowest BCUT2D eigenvalue weighted by Crippen LogP contribution is -2.33. The van der Waals surface area contributed by atoms with Gasteiger partial charge in [0.1, 0.15) is 11.3 Å². The van der Waals surface area contributed by atoms with Crippen LogP contribution >= 0.6 is 0 Å². The number of allylic oxidation sites excluding steroid dienone is 2. The molecule has 1 atom stereocenters. The maximum absolute atomic E-state index is 12.2. The van der Waals surface area contributed by atoms with Crippen LogP contribution in [0, 0.1) is 0 Å². The molecule has 0 aromatic heterocycles. The van der Waals surface area contributed by atoms with E-state index in [1.807, 2.05) is 0 Å². The Labute approximate surface area is 154 Å². The van der Waals surface area contributed by atoms with Crippen LogP contribution in [0.3, 0.4) is 0 Å². The van der Waals surface area contributed by atoms with Gasteiger partial charge in [0.15, 0.2) is 11.4 Å². The molecular weight excluding hydrogens is 332 g/mol. The molecule has 140 valence electrons. The van der Waals surface area contributed by atoms with E-state index < -0.39 is 23.1 Å². The van der Waals surface area contributed by atoms with Crippen LogP contribution in [0.4, 0.5) is 0 Å². The van der Waals surface area contributed by atoms with Gasteiger partial charge in [0.25, 0.3) is 0 Å². The summed E-state index contributed by atoms with van der Waals surface area (Å²) in [6, 6.07) is 4.34. The Bertz CT molecular complexity index is 704. The molecular formula is C21H26O5. The van der Waals surface area contributed by atoms with Gasteiger partial charge in [-0.2, -0.15) is 0 Å². The second-order valence-electron chi connectivity index (χ2n) is 6.45. The number of ketones is 1. The first-order valence-corrected chi connectivity index (χ1v) is 9.13. The number of unbranched alkanes of at least 4 members (excludes halogenated alkanes) is 5. The van der Waals surface area contributed by atoms with Crippen molar-refractivity contribution in [1.82, 2.24) is 0 Å². The van der Waals surface area contributed by atoms with Crippen molar-refractivity contribution >= 4 is 11.8 Å². The highest BCUT2D eigenvalue weighted by atomic mass is 16.5. The van der Waals surface area contributed by atoms with Crippen LogP contribution in [0.15, 0.2) is 42.5 Å². The number of hydrogen-bond donors (Lipinski definition) is 2. The summed E-state index contributed by atoms with van der Waals surface area (Å²) in [7, 11) is 0. The number of carbonyl (C=O) groups is 2. The number of carbonyl (C=O) groups excluding carboxylic acids is 2. The van der Waals surface area contributed by atoms with Crippen molar-refractivity contribution in [2.45, 2.75) is 51.0 Å². The predicted molar refractivity (Wildman–Crippen MR) is 98.9 cm³/mol. The van der Waals surface area contributed by atoms with E-state index in [4.69, 9.17) is 4.74 Å². The smallest absolute Gasteiger partial charge is 0.341 e. The highest BCUT2D eigenvalue weighted by molar-refractivity contribution is 6.02. The largest absolute Gasteiger partial charge is 0.507 e. The first-order chi connectivity index (χ1) is 12.5. The molecule has 0 heterocycles. The Morgan fingerprint density at radius 1 is 1.12 bits per heavy atom. The summed E-state index contributed by atoms with van der Waals surface area (Å²) in [6.07, 6.45) is 12.0. The van der Waals surface area contributed by atoms with Crippen molar-refractivity contribution in [3.8, 4) is 5.75 Å². The molecule has 5 nitrogen and oxygen atoms in total. The highest BCUT2D eigenvalue weighted by Crippen LogP contribution is 2.35. The van der Waals surface area contributed by atoms with Gasteiger partial charge in [0, 0.05) is 5.56 Å². The van der Waals surface area contributed by atoms with Crippen LogP contribution in [0.5, 0.6) is 5.75 Å². The SMILES string of the molecule is CCCCCCCCOC(=O)c1cccc(C2(O)C=CC=CC2=O)c1O. The highest BCUT2D eigenvalue weighted by Gasteiger charge is 2.38. The van der Waals surface area contributed by atoms with E-state index in [0.29, 0.717) is 0 Å². The summed E-state index contributed by atoms with van der Waals surface area (Å²) in [5, 5.41) is 21.0. The van der Waals surface area contributed by atoms with Gasteiger partial charge in [-0.1, -0.05) is 63.3 Å². The van der Waals surface area contributed by atoms with Crippen LogP contribution in [-0.4, -0.2) is 28.6 Å². The molecule has 0 saturated carbocycles. The molecule has 0 aliphatic heterocycles. The van der Waals surface area contributed by atoms with Crippen molar-refractivity contribution < 1.29 is 24.5 Å². The van der Waals surface area contributed by atoms with Crippen molar-refractivity contribution in [2.75, 3.05) is 6.61 Å². The third-order valence-corrected chi connectivity index (χ3v) is 4.47. The number of ether oxygens (including phenoxy) is 1. The van der Waals surface area contributed by atoms with Gasteiger partial charge in [-0.25, -0.2) is 4.79 Å². The molecule has 0 amide bonds. The zero-order valence-corrected chi connectivity index (χ0v) is 15.1. The zero-order chi connectivity index (χ0) is 19.0. The van der Waals surface area contributed by atoms with E-state index in [1.165, 1.54) is 61.8 Å². The molecule has 2 rings (SSSR count). The number of aromatic hydroxyl groups is 1. The van der Waals surface area contributed by atoms with Crippen molar-refractivity contribution in [3.05, 3.63) is 53.6 Å². The minimum Gasteiger partial charge on any atom is -0.507 e. The lowest BCUT2D eigenvalue weighted by Gasteiger charge is -2.25. The van der Waals surface area contributed by atoms with Gasteiger partial charge in [-0.3, -0.25) is 4.79 Å². The number of hydrogen-bond acceptors (Lipinski definition) is 5. The average molecular weight is 358 g/mol. The number of phenolic OH excluding ortho intramolecular Hbond substituents is 1. The first kappa shape index (κ1) is 19.9. The monoisotopic (exact) mass is 358 g/mol. The Morgan fingerprint density at radius 2 is 1.85 bits per heavy atom. The van der Waals surface area contributed by atoms with Gasteiger partial charge in [0.2, 0.25) is 0 Å². The van der Waals surface area contributed by atoms with Crippen molar-refractivity contribution in [1.29, 1.82) is 0 Å². The summed E-state index contributed by atoms with van der Waals surface area (Å²) in [5.74, 6) is -1.67. The minimum absolute atomic E-state index is 0.0304. The average Bonchev–Trinajstić information content (AvgIpc) is 2.63. The Kier molecular flexibility index (Phi) is 7.16. The number of benzene rings is 1. The van der Waals surface area contributed by atoms with E-state index in [9.17, 15) is 19.8 Å². The fraction of sp³-hybridized carbons (Fsp3) is 0.429. The summed E-state index contributed by atoms with van der Waals surface area (Å²) < 4.78 is 5.22. The van der Waals surface area contributed by atoms with E-state index in [0.717, 1.165) is 19.3 Å². The zero-order valence-electron chi connectivity index (χ0n) is 15.1. The third kappa shape index (κ3) is 4.61. The maximum Gasteiger partial charge on any atom is 0.341 e. The van der Waals surface area contributed by atoms with E-state index in [2.05, 4.69) is 6.92 Å². The van der Waals surface area contributed by atoms with Gasteiger partial charge in [-0.05, 0) is 24.6 Å². The van der Waals surface area contributed by atoms with Crippen LogP contribution in [0.2, 0.25) is 0 Å². The summed E-state index contributed by atoms with van der Waals surface area (Å²) in [6.45, 7) is 2.44. The minimum atomic E-state index is -1.98. The number of para-hydroxylation sites is 1. The topological polar surface area (TPSA) is 83.8 Å². The second-order valence-corrected chi connectivity index (χ2v) is 6.45. The number of esters is 1. The van der Waals surface area contributed by atoms with Crippen LogP contribution < -0.4 is 0 Å². The Balaban J connectivity index is 2.00. The molecule has 1 aliphatic carbocycles. The molecule has 0 bridgehead atoms. The number of aliphatic hydroxyl groups is 1. The third-order valence-electron chi connectivity index (χ3n) is 4.47. The van der Waals surface area contributed by atoms with Crippen LogP contribution in [0.1, 0.15) is 61.4 Å². The quantitative estimate of drug-likeness (QED) is 0.518. The standard InChI is InChI=1S/C21H26O5/c1-2-3-4-5-6-9-15-26-20(24)16-11-10-12-17(19(16)23)21(25)14-8-7-13-18(21)22/h7-8,10-14,23,25H,2-6,9,15H2,1H3. The Morgan fingerprint density at radius 3 is 2.58 bits per heavy atom. The molecule has 1 aliphatic rings. The first-order valence-electron chi connectivity index (χ1n) is 9.13. The Hall–Kier alpha value is -2.40. The molecule has 0 radical (unpaired) electrons. The summed E-state index contributed by atoms with van der Waals surface area (Å²) in [5.41, 5.74) is -2.07. The molecule has 0 fully saturated rings. The van der Waals surface area contributed by atoms with Gasteiger partial charge in [-0.15, -0.1) is 0 Å². The molecule has 1 aromatic rings.